The van der Waals surface area contributed by atoms with Crippen LogP contribution in [0.15, 0.2) is 17.0 Å². The minimum atomic E-state index is -3.55. The topological polar surface area (TPSA) is 75.4 Å². The first-order valence-electron chi connectivity index (χ1n) is 6.18. The van der Waals surface area contributed by atoms with Gasteiger partial charge < -0.3 is 10.6 Å². The molecule has 1 rings (SSSR count). The van der Waals surface area contributed by atoms with Crippen LogP contribution in [0.1, 0.15) is 18.1 Å². The molecule has 3 N–H and O–H groups in total. The number of anilines is 1. The van der Waals surface area contributed by atoms with Crippen molar-refractivity contribution in [1.82, 2.24) is 9.62 Å². The third-order valence-corrected chi connectivity index (χ3v) is 4.79. The smallest absolute Gasteiger partial charge is 0.241 e. The Kier molecular flexibility index (Phi) is 4.95. The molecule has 0 radical (unpaired) electrons. The van der Waals surface area contributed by atoms with Gasteiger partial charge in [-0.2, -0.15) is 0 Å². The van der Waals surface area contributed by atoms with Crippen molar-refractivity contribution in [3.63, 3.8) is 0 Å². The summed E-state index contributed by atoms with van der Waals surface area (Å²) in [5.41, 5.74) is 7.60. The number of nitrogen functional groups attached to an aromatic ring is 1. The lowest BCUT2D eigenvalue weighted by Gasteiger charge is -2.20. The monoisotopic (exact) mass is 285 g/mol. The van der Waals surface area contributed by atoms with E-state index in [0.29, 0.717) is 23.4 Å². The molecule has 0 amide bonds. The maximum Gasteiger partial charge on any atom is 0.241 e. The van der Waals surface area contributed by atoms with Gasteiger partial charge in [0, 0.05) is 18.3 Å². The van der Waals surface area contributed by atoms with Gasteiger partial charge in [0.05, 0.1) is 4.90 Å². The Morgan fingerprint density at radius 3 is 2.42 bits per heavy atom. The van der Waals surface area contributed by atoms with Crippen LogP contribution in [-0.2, 0) is 10.0 Å². The van der Waals surface area contributed by atoms with Crippen LogP contribution in [0.25, 0.3) is 0 Å². The molecular weight excluding hydrogens is 262 g/mol. The van der Waals surface area contributed by atoms with Crippen LogP contribution in [-0.4, -0.2) is 40.0 Å². The van der Waals surface area contributed by atoms with Gasteiger partial charge in [0.25, 0.3) is 0 Å². The zero-order chi connectivity index (χ0) is 14.8. The summed E-state index contributed by atoms with van der Waals surface area (Å²) in [4.78, 5) is 2.23. The summed E-state index contributed by atoms with van der Waals surface area (Å²) in [6.07, 6.45) is 0. The van der Waals surface area contributed by atoms with Gasteiger partial charge in [0.2, 0.25) is 10.0 Å². The van der Waals surface area contributed by atoms with Crippen LogP contribution >= 0.6 is 0 Å². The summed E-state index contributed by atoms with van der Waals surface area (Å²) in [6.45, 7) is 5.99. The van der Waals surface area contributed by atoms with Crippen molar-refractivity contribution in [3.05, 3.63) is 23.3 Å². The largest absolute Gasteiger partial charge is 0.398 e. The highest BCUT2D eigenvalue weighted by atomic mass is 32.2. The Morgan fingerprint density at radius 1 is 1.32 bits per heavy atom. The molecule has 6 heteroatoms. The standard InChI is InChI=1S/C13H23N3O2S/c1-9-6-7-12(14)11(3)13(9)19(17,18)15-10(2)8-16(4)5/h6-7,10,15H,8,14H2,1-5H3. The molecule has 0 bridgehead atoms. The Hall–Kier alpha value is -1.11. The molecule has 1 aromatic rings. The molecule has 0 aliphatic carbocycles. The van der Waals surface area contributed by atoms with Gasteiger partial charge in [-0.3, -0.25) is 0 Å². The first kappa shape index (κ1) is 15.9. The Balaban J connectivity index is 3.11. The molecule has 19 heavy (non-hydrogen) atoms. The quantitative estimate of drug-likeness (QED) is 0.795. The highest BCUT2D eigenvalue weighted by molar-refractivity contribution is 7.89. The van der Waals surface area contributed by atoms with E-state index in [2.05, 4.69) is 4.72 Å². The Bertz CT molecular complexity index is 553. The predicted molar refractivity (Wildman–Crippen MR) is 78.7 cm³/mol. The van der Waals surface area contributed by atoms with E-state index in [9.17, 15) is 8.42 Å². The second-order valence-corrected chi connectivity index (χ2v) is 6.86. The predicted octanol–water partition coefficient (Wildman–Crippen LogP) is 1.11. The highest BCUT2D eigenvalue weighted by Crippen LogP contribution is 2.24. The maximum atomic E-state index is 12.4. The number of likely N-dealkylation sites (N-methyl/N-ethyl adjacent to an activating group) is 1. The average molecular weight is 285 g/mol. The van der Waals surface area contributed by atoms with Crippen molar-refractivity contribution in [2.45, 2.75) is 31.7 Å². The van der Waals surface area contributed by atoms with Crippen molar-refractivity contribution in [2.24, 2.45) is 0 Å². The van der Waals surface area contributed by atoms with Crippen LogP contribution in [0.2, 0.25) is 0 Å². The summed E-state index contributed by atoms with van der Waals surface area (Å²) in [5.74, 6) is 0. The van der Waals surface area contributed by atoms with Gasteiger partial charge >= 0.3 is 0 Å². The number of aryl methyl sites for hydroxylation is 1. The number of sulfonamides is 1. The molecule has 1 atom stereocenters. The van der Waals surface area contributed by atoms with Crippen molar-refractivity contribution >= 4 is 15.7 Å². The van der Waals surface area contributed by atoms with Gasteiger partial charge in [-0.1, -0.05) is 6.07 Å². The SMILES string of the molecule is Cc1ccc(N)c(C)c1S(=O)(=O)NC(C)CN(C)C. The molecule has 0 fully saturated rings. The van der Waals surface area contributed by atoms with E-state index in [0.717, 1.165) is 0 Å². The van der Waals surface area contributed by atoms with E-state index in [1.54, 1.807) is 26.0 Å². The van der Waals surface area contributed by atoms with Crippen molar-refractivity contribution in [1.29, 1.82) is 0 Å². The summed E-state index contributed by atoms with van der Waals surface area (Å²) >= 11 is 0. The van der Waals surface area contributed by atoms with E-state index in [1.807, 2.05) is 25.9 Å². The van der Waals surface area contributed by atoms with Crippen molar-refractivity contribution < 1.29 is 8.42 Å². The van der Waals surface area contributed by atoms with Gasteiger partial charge in [0.15, 0.2) is 0 Å². The fraction of sp³-hybridized carbons (Fsp3) is 0.538. The molecule has 1 unspecified atom stereocenters. The van der Waals surface area contributed by atoms with Crippen LogP contribution < -0.4 is 10.5 Å². The first-order valence-corrected chi connectivity index (χ1v) is 7.66. The lowest BCUT2D eigenvalue weighted by atomic mass is 10.1. The number of nitrogens with two attached hydrogens (primary N) is 1. The van der Waals surface area contributed by atoms with Crippen molar-refractivity contribution in [3.8, 4) is 0 Å². The number of nitrogens with zero attached hydrogens (tertiary/aromatic N) is 1. The fourth-order valence-electron chi connectivity index (χ4n) is 2.16. The number of hydrogen-bond donors (Lipinski definition) is 2. The number of nitrogens with one attached hydrogen (secondary N) is 1. The first-order chi connectivity index (χ1) is 8.65. The number of benzene rings is 1. The van der Waals surface area contributed by atoms with E-state index in [4.69, 9.17) is 5.73 Å². The number of rotatable bonds is 5. The van der Waals surface area contributed by atoms with E-state index in [-0.39, 0.29) is 10.9 Å². The molecular formula is C13H23N3O2S. The van der Waals surface area contributed by atoms with E-state index >= 15 is 0 Å². The lowest BCUT2D eigenvalue weighted by molar-refractivity contribution is 0.370. The Labute approximate surface area is 115 Å². The van der Waals surface area contributed by atoms with Gasteiger partial charge in [-0.15, -0.1) is 0 Å². The van der Waals surface area contributed by atoms with Crippen LogP contribution in [0, 0.1) is 13.8 Å². The second-order valence-electron chi connectivity index (χ2n) is 5.21. The molecule has 0 saturated carbocycles. The zero-order valence-electron chi connectivity index (χ0n) is 12.2. The minimum absolute atomic E-state index is 0.166. The second kappa shape index (κ2) is 5.90. The Morgan fingerprint density at radius 2 is 1.89 bits per heavy atom. The molecule has 0 saturated heterocycles. The average Bonchev–Trinajstić information content (AvgIpc) is 2.21. The zero-order valence-corrected chi connectivity index (χ0v) is 13.0. The normalized spacial score (nSPS) is 13.8. The van der Waals surface area contributed by atoms with E-state index < -0.39 is 10.0 Å². The third-order valence-electron chi connectivity index (χ3n) is 2.91. The summed E-state index contributed by atoms with van der Waals surface area (Å²) in [7, 11) is 0.263. The summed E-state index contributed by atoms with van der Waals surface area (Å²) < 4.78 is 27.6. The molecule has 0 heterocycles. The van der Waals surface area contributed by atoms with Crippen LogP contribution in [0.5, 0.6) is 0 Å². The van der Waals surface area contributed by atoms with Crippen LogP contribution in [0.3, 0.4) is 0 Å². The fourth-order valence-corrected chi connectivity index (χ4v) is 3.90. The lowest BCUT2D eigenvalue weighted by Crippen LogP contribution is -2.40. The summed E-state index contributed by atoms with van der Waals surface area (Å²) in [5, 5.41) is 0. The minimum Gasteiger partial charge on any atom is -0.398 e. The molecule has 108 valence electrons. The molecule has 0 aliphatic heterocycles. The third kappa shape index (κ3) is 3.92. The number of hydrogen-bond acceptors (Lipinski definition) is 4. The van der Waals surface area contributed by atoms with E-state index in [1.165, 1.54) is 0 Å². The molecule has 0 spiro atoms. The molecule has 5 nitrogen and oxygen atoms in total. The maximum absolute atomic E-state index is 12.4. The molecule has 0 aliphatic rings. The molecule has 0 aromatic heterocycles. The molecule has 1 aromatic carbocycles. The van der Waals surface area contributed by atoms with Gasteiger partial charge in [0.1, 0.15) is 0 Å². The highest BCUT2D eigenvalue weighted by Gasteiger charge is 2.22. The van der Waals surface area contributed by atoms with Crippen molar-refractivity contribution in [2.75, 3.05) is 26.4 Å². The van der Waals surface area contributed by atoms with Gasteiger partial charge in [-0.25, -0.2) is 13.1 Å². The van der Waals surface area contributed by atoms with Gasteiger partial charge in [-0.05, 0) is 52.1 Å². The summed E-state index contributed by atoms with van der Waals surface area (Å²) in [6, 6.07) is 3.29. The van der Waals surface area contributed by atoms with Crippen LogP contribution in [0.4, 0.5) is 5.69 Å².